The van der Waals surface area contributed by atoms with Crippen LogP contribution in [-0.4, -0.2) is 45.2 Å². The van der Waals surface area contributed by atoms with Crippen molar-refractivity contribution in [3.63, 3.8) is 0 Å². The molecule has 0 spiro atoms. The number of carbonyl (C=O) groups is 1. The molecule has 1 N–H and O–H groups in total. The number of alkyl halides is 3. The molecule has 0 heterocycles. The number of likely N-dealkylation sites (N-methyl/N-ethyl adjacent to an activating group) is 1. The highest BCUT2D eigenvalue weighted by Crippen LogP contribution is 2.30. The van der Waals surface area contributed by atoms with Crippen molar-refractivity contribution >= 4 is 5.97 Å². The lowest BCUT2D eigenvalue weighted by molar-refractivity contribution is -0.143. The molecule has 1 aromatic rings. The molecule has 1 atom stereocenters. The van der Waals surface area contributed by atoms with Crippen molar-refractivity contribution in [2.75, 3.05) is 34.3 Å². The van der Waals surface area contributed by atoms with Crippen LogP contribution in [0.1, 0.15) is 17.2 Å². The van der Waals surface area contributed by atoms with Gasteiger partial charge in [0.2, 0.25) is 0 Å². The maximum absolute atomic E-state index is 12.5. The van der Waals surface area contributed by atoms with Gasteiger partial charge >= 0.3 is 12.1 Å². The first-order valence-corrected chi connectivity index (χ1v) is 6.39. The zero-order valence-corrected chi connectivity index (χ0v) is 12.2. The highest BCUT2D eigenvalue weighted by molar-refractivity contribution is 5.77. The number of ether oxygens (including phenoxy) is 1. The molecule has 21 heavy (non-hydrogen) atoms. The highest BCUT2D eigenvalue weighted by atomic mass is 19.4. The molecular weight excluding hydrogens is 285 g/mol. The largest absolute Gasteiger partial charge is 0.468 e. The second-order valence-electron chi connectivity index (χ2n) is 4.83. The van der Waals surface area contributed by atoms with E-state index in [1.165, 1.54) is 19.2 Å². The zero-order valence-electron chi connectivity index (χ0n) is 12.2. The predicted octanol–water partition coefficient (Wildman–Crippen LogP) is 2.07. The van der Waals surface area contributed by atoms with E-state index >= 15 is 0 Å². The van der Waals surface area contributed by atoms with Gasteiger partial charge in [-0.15, -0.1) is 0 Å². The smallest absolute Gasteiger partial charge is 0.416 e. The Morgan fingerprint density at radius 2 is 1.86 bits per heavy atom. The third-order valence-corrected chi connectivity index (χ3v) is 2.92. The lowest BCUT2D eigenvalue weighted by atomic mass is 10.0. The van der Waals surface area contributed by atoms with Crippen molar-refractivity contribution in [1.82, 2.24) is 10.2 Å². The van der Waals surface area contributed by atoms with Gasteiger partial charge in [-0.05, 0) is 31.8 Å². The molecule has 118 valence electrons. The summed E-state index contributed by atoms with van der Waals surface area (Å²) in [4.78, 5) is 13.7. The molecule has 0 bridgehead atoms. The quantitative estimate of drug-likeness (QED) is 0.817. The Kier molecular flexibility index (Phi) is 6.17. The zero-order chi connectivity index (χ0) is 16.0. The molecule has 0 amide bonds. The van der Waals surface area contributed by atoms with E-state index in [0.717, 1.165) is 12.1 Å². The van der Waals surface area contributed by atoms with Gasteiger partial charge < -0.3 is 9.64 Å². The summed E-state index contributed by atoms with van der Waals surface area (Å²) in [5.41, 5.74) is -0.309. The van der Waals surface area contributed by atoms with Crippen molar-refractivity contribution < 1.29 is 22.7 Å². The monoisotopic (exact) mass is 304 g/mol. The van der Waals surface area contributed by atoms with Crippen molar-refractivity contribution in [3.05, 3.63) is 35.4 Å². The Labute approximate surface area is 121 Å². The fraction of sp³-hybridized carbons (Fsp3) is 0.500. The minimum atomic E-state index is -4.39. The number of rotatable bonds is 6. The Morgan fingerprint density at radius 1 is 1.29 bits per heavy atom. The lowest BCUT2D eigenvalue weighted by Gasteiger charge is -2.19. The van der Waals surface area contributed by atoms with Crippen LogP contribution in [0.4, 0.5) is 13.2 Å². The van der Waals surface area contributed by atoms with E-state index in [2.05, 4.69) is 10.1 Å². The summed E-state index contributed by atoms with van der Waals surface area (Å²) in [5, 5.41) is 2.98. The van der Waals surface area contributed by atoms with E-state index in [4.69, 9.17) is 0 Å². The number of benzene rings is 1. The Bertz CT molecular complexity index is 458. The second-order valence-corrected chi connectivity index (χ2v) is 4.83. The number of methoxy groups -OCH3 is 1. The van der Waals surface area contributed by atoms with E-state index < -0.39 is 23.8 Å². The molecule has 4 nitrogen and oxygen atoms in total. The van der Waals surface area contributed by atoms with Gasteiger partial charge in [-0.1, -0.05) is 12.1 Å². The van der Waals surface area contributed by atoms with Crippen LogP contribution in [0.5, 0.6) is 0 Å². The fourth-order valence-electron chi connectivity index (χ4n) is 1.75. The number of hydrogen-bond donors (Lipinski definition) is 1. The van der Waals surface area contributed by atoms with E-state index in [9.17, 15) is 18.0 Å². The fourth-order valence-corrected chi connectivity index (χ4v) is 1.75. The van der Waals surface area contributed by atoms with Gasteiger partial charge in [-0.25, -0.2) is 4.79 Å². The second kappa shape index (κ2) is 7.42. The first-order valence-electron chi connectivity index (χ1n) is 6.39. The van der Waals surface area contributed by atoms with Gasteiger partial charge in [0.25, 0.3) is 0 Å². The van der Waals surface area contributed by atoms with Crippen LogP contribution in [0.3, 0.4) is 0 Å². The predicted molar refractivity (Wildman–Crippen MR) is 72.8 cm³/mol. The van der Waals surface area contributed by atoms with Gasteiger partial charge in [0.15, 0.2) is 0 Å². The number of hydrogen-bond acceptors (Lipinski definition) is 4. The molecule has 0 saturated carbocycles. The molecule has 0 radical (unpaired) electrons. The van der Waals surface area contributed by atoms with Crippen LogP contribution in [0.2, 0.25) is 0 Å². The Morgan fingerprint density at radius 3 is 2.29 bits per heavy atom. The molecule has 7 heteroatoms. The van der Waals surface area contributed by atoms with Gasteiger partial charge in [0.05, 0.1) is 12.7 Å². The summed E-state index contributed by atoms with van der Waals surface area (Å²) in [5.74, 6) is -0.534. The number of esters is 1. The average molecular weight is 304 g/mol. The molecule has 0 saturated heterocycles. The van der Waals surface area contributed by atoms with Gasteiger partial charge in [-0.3, -0.25) is 5.32 Å². The normalized spacial score (nSPS) is 13.3. The van der Waals surface area contributed by atoms with Crippen LogP contribution in [0.15, 0.2) is 24.3 Å². The topological polar surface area (TPSA) is 41.6 Å². The van der Waals surface area contributed by atoms with E-state index in [1.54, 1.807) is 0 Å². The molecular formula is C14H19F3N2O2. The summed E-state index contributed by atoms with van der Waals surface area (Å²) in [7, 11) is 5.01. The molecule has 0 aliphatic heterocycles. The molecule has 0 fully saturated rings. The molecule has 1 aromatic carbocycles. The number of halogens is 3. The molecule has 0 aliphatic rings. The first-order chi connectivity index (χ1) is 9.75. The third kappa shape index (κ3) is 5.35. The van der Waals surface area contributed by atoms with Crippen molar-refractivity contribution in [2.45, 2.75) is 12.2 Å². The number of carbonyl (C=O) groups excluding carboxylic acids is 1. The van der Waals surface area contributed by atoms with Gasteiger partial charge in [-0.2, -0.15) is 13.2 Å². The van der Waals surface area contributed by atoms with Crippen LogP contribution >= 0.6 is 0 Å². The van der Waals surface area contributed by atoms with Crippen molar-refractivity contribution in [3.8, 4) is 0 Å². The van der Waals surface area contributed by atoms with Crippen LogP contribution in [0.25, 0.3) is 0 Å². The molecule has 1 rings (SSSR count). The van der Waals surface area contributed by atoms with E-state index in [-0.39, 0.29) is 0 Å². The first kappa shape index (κ1) is 17.5. The van der Waals surface area contributed by atoms with E-state index in [0.29, 0.717) is 18.7 Å². The molecule has 0 aliphatic carbocycles. The maximum atomic E-state index is 12.5. The van der Waals surface area contributed by atoms with Crippen LogP contribution < -0.4 is 5.32 Å². The SMILES string of the molecule is COC(=O)C(NCCN(C)C)c1ccc(C(F)(F)F)cc1. The summed E-state index contributed by atoms with van der Waals surface area (Å²) < 4.78 is 42.3. The maximum Gasteiger partial charge on any atom is 0.416 e. The lowest BCUT2D eigenvalue weighted by Crippen LogP contribution is -2.34. The Balaban J connectivity index is 2.85. The third-order valence-electron chi connectivity index (χ3n) is 2.92. The van der Waals surface area contributed by atoms with Crippen molar-refractivity contribution in [1.29, 1.82) is 0 Å². The molecule has 1 unspecified atom stereocenters. The standard InChI is InChI=1S/C14H19F3N2O2/c1-19(2)9-8-18-12(13(20)21-3)10-4-6-11(7-5-10)14(15,16)17/h4-7,12,18H,8-9H2,1-3H3. The highest BCUT2D eigenvalue weighted by Gasteiger charge is 2.30. The molecule has 0 aromatic heterocycles. The summed E-state index contributed by atoms with van der Waals surface area (Å²) >= 11 is 0. The average Bonchev–Trinajstić information content (AvgIpc) is 2.42. The summed E-state index contributed by atoms with van der Waals surface area (Å²) in [6.45, 7) is 1.20. The van der Waals surface area contributed by atoms with Gasteiger partial charge in [0, 0.05) is 13.1 Å². The summed E-state index contributed by atoms with van der Waals surface area (Å²) in [6, 6.07) is 3.70. The van der Waals surface area contributed by atoms with Crippen LogP contribution in [0, 0.1) is 0 Å². The van der Waals surface area contributed by atoms with Gasteiger partial charge in [0.1, 0.15) is 6.04 Å². The Hall–Kier alpha value is -1.60. The van der Waals surface area contributed by atoms with E-state index in [1.807, 2.05) is 19.0 Å². The minimum absolute atomic E-state index is 0.439. The number of nitrogens with zero attached hydrogens (tertiary/aromatic N) is 1. The van der Waals surface area contributed by atoms with Crippen molar-refractivity contribution in [2.24, 2.45) is 0 Å². The summed E-state index contributed by atoms with van der Waals surface area (Å²) in [6.07, 6.45) is -4.39. The minimum Gasteiger partial charge on any atom is -0.468 e. The van der Waals surface area contributed by atoms with Crippen LogP contribution in [-0.2, 0) is 15.7 Å². The number of nitrogens with one attached hydrogen (secondary N) is 1.